The van der Waals surface area contributed by atoms with Crippen LogP contribution in [0.5, 0.6) is 0 Å². The number of halogens is 5. The van der Waals surface area contributed by atoms with Gasteiger partial charge in [-0.1, -0.05) is 61.3 Å². The molecule has 248 valence electrons. The van der Waals surface area contributed by atoms with E-state index < -0.39 is 23.0 Å². The highest BCUT2D eigenvalue weighted by atomic mass is 35.5. The zero-order valence-electron chi connectivity index (χ0n) is 26.5. The lowest BCUT2D eigenvalue weighted by atomic mass is 9.81. The zero-order valence-corrected chi connectivity index (χ0v) is 28.8. The average Bonchev–Trinajstić information content (AvgIpc) is 3.46. The third-order valence-electron chi connectivity index (χ3n) is 8.73. The maximum atomic E-state index is 14.5. The van der Waals surface area contributed by atoms with Gasteiger partial charge in [0.25, 0.3) is 5.91 Å². The lowest BCUT2D eigenvalue weighted by molar-refractivity contribution is -0.192. The van der Waals surface area contributed by atoms with E-state index in [1.165, 1.54) is 11.8 Å². The molecule has 0 bridgehead atoms. The van der Waals surface area contributed by atoms with Gasteiger partial charge in [0.15, 0.2) is 5.17 Å². The number of rotatable bonds is 9. The first-order valence-corrected chi connectivity index (χ1v) is 16.6. The summed E-state index contributed by atoms with van der Waals surface area (Å²) in [6.07, 6.45) is -4.99. The summed E-state index contributed by atoms with van der Waals surface area (Å²) in [6, 6.07) is 14.7. The van der Waals surface area contributed by atoms with Crippen molar-refractivity contribution < 1.29 is 27.5 Å². The Morgan fingerprint density at radius 1 is 1.02 bits per heavy atom. The second kappa shape index (κ2) is 12.7. The topological polar surface area (TPSA) is 65.5 Å². The second-order valence-electron chi connectivity index (χ2n) is 13.0. The first-order chi connectivity index (χ1) is 21.5. The van der Waals surface area contributed by atoms with Gasteiger partial charge in [0, 0.05) is 41.9 Å². The molecule has 0 spiro atoms. The van der Waals surface area contributed by atoms with Gasteiger partial charge >= 0.3 is 12.1 Å². The highest BCUT2D eigenvalue weighted by molar-refractivity contribution is 8.18. The van der Waals surface area contributed by atoms with Crippen LogP contribution in [0.1, 0.15) is 51.8 Å². The van der Waals surface area contributed by atoms with E-state index in [4.69, 9.17) is 32.9 Å². The fourth-order valence-electron chi connectivity index (χ4n) is 6.46. The van der Waals surface area contributed by atoms with Crippen molar-refractivity contribution in [2.24, 2.45) is 16.3 Å². The van der Waals surface area contributed by atoms with Gasteiger partial charge in [-0.3, -0.25) is 9.59 Å². The number of nitrogens with zero attached hydrogens (tertiary/aromatic N) is 4. The number of ether oxygens (including phenoxy) is 1. The lowest BCUT2D eigenvalue weighted by Gasteiger charge is -2.47. The third-order valence-corrected chi connectivity index (χ3v) is 10.3. The number of amidine groups is 1. The van der Waals surface area contributed by atoms with E-state index in [1.807, 2.05) is 76.2 Å². The molecule has 2 aromatic carbocycles. The number of thioether (sulfide) groups is 1. The van der Waals surface area contributed by atoms with E-state index in [-0.39, 0.29) is 50.2 Å². The Balaban J connectivity index is 1.52. The number of fused-ring (bicyclic) bond motifs is 1. The lowest BCUT2D eigenvalue weighted by Crippen LogP contribution is -2.59. The van der Waals surface area contributed by atoms with Crippen molar-refractivity contribution in [3.63, 3.8) is 0 Å². The Kier molecular flexibility index (Phi) is 9.56. The van der Waals surface area contributed by atoms with Crippen LogP contribution in [0.15, 0.2) is 64.1 Å². The highest BCUT2D eigenvalue weighted by Crippen LogP contribution is 2.56. The molecule has 0 unspecified atom stereocenters. The Morgan fingerprint density at radius 3 is 2.07 bits per heavy atom. The number of hydrogen-bond donors (Lipinski definition) is 0. The molecule has 1 saturated heterocycles. The average molecular weight is 698 g/mol. The minimum atomic E-state index is -4.99. The van der Waals surface area contributed by atoms with Gasteiger partial charge in [0.2, 0.25) is 0 Å². The summed E-state index contributed by atoms with van der Waals surface area (Å²) in [7, 11) is 1.13. The van der Waals surface area contributed by atoms with Gasteiger partial charge < -0.3 is 19.4 Å². The fraction of sp³-hybridized carbons (Fsp3) is 0.485. The summed E-state index contributed by atoms with van der Waals surface area (Å²) in [4.78, 5) is 36.8. The van der Waals surface area contributed by atoms with Crippen molar-refractivity contribution in [2.75, 3.05) is 33.4 Å². The Hall–Kier alpha value is -2.73. The van der Waals surface area contributed by atoms with E-state index in [9.17, 15) is 22.8 Å². The largest absolute Gasteiger partial charge is 0.471 e. The highest BCUT2D eigenvalue weighted by Gasteiger charge is 2.54. The molecule has 0 N–H and O–H groups in total. The molecule has 2 atom stereocenters. The maximum absolute atomic E-state index is 14.5. The number of carbonyl (C=O) groups is 2. The van der Waals surface area contributed by atoms with Crippen molar-refractivity contribution in [1.82, 2.24) is 14.7 Å². The molecular weight excluding hydrogens is 660 g/mol. The zero-order chi connectivity index (χ0) is 33.8. The number of alkyl halides is 3. The van der Waals surface area contributed by atoms with Crippen LogP contribution in [0.3, 0.4) is 0 Å². The molecular formula is C33H37Cl2F3N4O3S. The molecule has 46 heavy (non-hydrogen) atoms. The van der Waals surface area contributed by atoms with Crippen molar-refractivity contribution in [3.05, 3.63) is 80.3 Å². The SMILES string of the molecule is CC(C)C1=C(C(=O)N(CC2(CN(C)C(=O)C(F)(F)F)COC2)C(C)C)SC2=N[C@@](C)(c3ccc(Cl)cc3)[C@@H](c3ccc(Cl)cc3)N21. The number of carbonyl (C=O) groups excluding carboxylic acids is 2. The molecule has 3 heterocycles. The molecule has 2 amide bonds. The summed E-state index contributed by atoms with van der Waals surface area (Å²) < 4.78 is 45.0. The number of hydrogen-bond acceptors (Lipinski definition) is 6. The van der Waals surface area contributed by atoms with Gasteiger partial charge in [0.05, 0.1) is 24.7 Å². The first-order valence-electron chi connectivity index (χ1n) is 15.0. The molecule has 5 rings (SSSR count). The number of amides is 2. The standard InChI is InChI=1S/C33H37Cl2F3N4O3S/c1-19(2)25-26(28(43)41(20(3)4)16-32(17-45-18-32)15-40(6)29(44)33(36,37)38)46-30-39-31(5,22-9-13-24(35)14-10-22)27(42(25)30)21-7-11-23(34)12-8-21/h7-14,19-20,27H,15-18H2,1-6H3/t27-,31+/m1/s1. The van der Waals surface area contributed by atoms with Crippen molar-refractivity contribution in [2.45, 2.75) is 58.4 Å². The predicted molar refractivity (Wildman–Crippen MR) is 176 cm³/mol. The number of benzene rings is 2. The van der Waals surface area contributed by atoms with Crippen LogP contribution in [0.25, 0.3) is 0 Å². The summed E-state index contributed by atoms with van der Waals surface area (Å²) in [6.45, 7) is 10.1. The fourth-order valence-corrected chi connectivity index (χ4v) is 8.08. The Bertz CT molecular complexity index is 1560. The van der Waals surface area contributed by atoms with E-state index >= 15 is 0 Å². The molecule has 13 heteroatoms. The molecule has 7 nitrogen and oxygen atoms in total. The van der Waals surface area contributed by atoms with Crippen LogP contribution in [-0.4, -0.2) is 77.3 Å². The second-order valence-corrected chi connectivity index (χ2v) is 14.9. The molecule has 2 aromatic rings. The van der Waals surface area contributed by atoms with Crippen molar-refractivity contribution in [1.29, 1.82) is 0 Å². The molecule has 0 aromatic heterocycles. The van der Waals surface area contributed by atoms with Crippen molar-refractivity contribution in [3.8, 4) is 0 Å². The Labute approximate surface area is 281 Å². The van der Waals surface area contributed by atoms with E-state index in [0.29, 0.717) is 25.0 Å². The molecule has 0 aliphatic carbocycles. The molecule has 3 aliphatic rings. The van der Waals surface area contributed by atoms with Crippen LogP contribution in [0.2, 0.25) is 10.0 Å². The van der Waals surface area contributed by atoms with Crippen LogP contribution in [0, 0.1) is 11.3 Å². The normalized spacial score (nSPS) is 22.2. The van der Waals surface area contributed by atoms with Crippen LogP contribution >= 0.6 is 35.0 Å². The minimum Gasteiger partial charge on any atom is -0.380 e. The number of allylic oxidation sites excluding steroid dienone is 1. The number of aliphatic imine (C=N–C) groups is 1. The first kappa shape index (κ1) is 34.6. The van der Waals surface area contributed by atoms with Gasteiger partial charge in [-0.25, -0.2) is 4.99 Å². The van der Waals surface area contributed by atoms with Crippen LogP contribution < -0.4 is 0 Å². The summed E-state index contributed by atoms with van der Waals surface area (Å²) in [5.41, 5.74) is 1.20. The molecule has 0 saturated carbocycles. The van der Waals surface area contributed by atoms with Gasteiger partial charge in [-0.05, 0) is 73.8 Å². The van der Waals surface area contributed by atoms with E-state index in [0.717, 1.165) is 23.9 Å². The van der Waals surface area contributed by atoms with Crippen molar-refractivity contribution >= 4 is 51.9 Å². The van der Waals surface area contributed by atoms with Gasteiger partial charge in [0.1, 0.15) is 10.4 Å². The van der Waals surface area contributed by atoms with E-state index in [1.54, 1.807) is 4.90 Å². The van der Waals surface area contributed by atoms with Gasteiger partial charge in [-0.15, -0.1) is 0 Å². The maximum Gasteiger partial charge on any atom is 0.471 e. The third kappa shape index (κ3) is 6.40. The summed E-state index contributed by atoms with van der Waals surface area (Å²) in [5.74, 6) is -2.24. The smallest absolute Gasteiger partial charge is 0.380 e. The minimum absolute atomic E-state index is 0.0768. The molecule has 0 radical (unpaired) electrons. The Morgan fingerprint density at radius 2 is 1.59 bits per heavy atom. The summed E-state index contributed by atoms with van der Waals surface area (Å²) in [5, 5.41) is 1.90. The van der Waals surface area contributed by atoms with Crippen LogP contribution in [-0.2, 0) is 19.9 Å². The quantitative estimate of drug-likeness (QED) is 0.272. The van der Waals surface area contributed by atoms with Gasteiger partial charge in [-0.2, -0.15) is 13.2 Å². The predicted octanol–water partition coefficient (Wildman–Crippen LogP) is 7.51. The molecule has 1 fully saturated rings. The van der Waals surface area contributed by atoms with E-state index in [2.05, 4.69) is 11.8 Å². The monoisotopic (exact) mass is 696 g/mol. The van der Waals surface area contributed by atoms with Crippen LogP contribution in [0.4, 0.5) is 13.2 Å². The summed E-state index contributed by atoms with van der Waals surface area (Å²) >= 11 is 13.8. The molecule has 3 aliphatic heterocycles.